The Hall–Kier alpha value is -2.14. The molecule has 1 aliphatic heterocycles. The highest BCUT2D eigenvalue weighted by Crippen LogP contribution is 2.23. The first kappa shape index (κ1) is 17.3. The zero-order chi connectivity index (χ0) is 17.8. The van der Waals surface area contributed by atoms with Crippen molar-refractivity contribution in [2.24, 2.45) is 0 Å². The third kappa shape index (κ3) is 3.83. The SMILES string of the molecule is O=C(NCCCN1CCc2ccccc2C1)c1noc2c1CCCCC2. The molecule has 0 bridgehead atoms. The van der Waals surface area contributed by atoms with E-state index in [4.69, 9.17) is 4.52 Å². The van der Waals surface area contributed by atoms with E-state index < -0.39 is 0 Å². The van der Waals surface area contributed by atoms with Gasteiger partial charge in [0.25, 0.3) is 5.91 Å². The Balaban J connectivity index is 1.24. The maximum atomic E-state index is 12.5. The number of carbonyl (C=O) groups excluding carboxylic acids is 1. The second-order valence-electron chi connectivity index (χ2n) is 7.40. The molecular weight excluding hydrogens is 326 g/mol. The van der Waals surface area contributed by atoms with Gasteiger partial charge in [-0.15, -0.1) is 0 Å². The fraction of sp³-hybridized carbons (Fsp3) is 0.524. The predicted molar refractivity (Wildman–Crippen MR) is 100 cm³/mol. The molecule has 1 N–H and O–H groups in total. The number of benzene rings is 1. The number of rotatable bonds is 5. The Bertz CT molecular complexity index is 768. The zero-order valence-corrected chi connectivity index (χ0v) is 15.3. The van der Waals surface area contributed by atoms with Gasteiger partial charge in [-0.3, -0.25) is 9.69 Å². The molecule has 0 saturated carbocycles. The van der Waals surface area contributed by atoms with Crippen molar-refractivity contribution >= 4 is 5.91 Å². The molecule has 1 aromatic carbocycles. The Labute approximate surface area is 154 Å². The second-order valence-corrected chi connectivity index (χ2v) is 7.40. The summed E-state index contributed by atoms with van der Waals surface area (Å²) in [7, 11) is 0. The van der Waals surface area contributed by atoms with Crippen molar-refractivity contribution < 1.29 is 9.32 Å². The Kier molecular flexibility index (Phi) is 5.34. The van der Waals surface area contributed by atoms with E-state index in [2.05, 4.69) is 39.6 Å². The molecule has 138 valence electrons. The number of hydrogen-bond donors (Lipinski definition) is 1. The van der Waals surface area contributed by atoms with Crippen molar-refractivity contribution in [2.45, 2.75) is 51.5 Å². The molecule has 2 heterocycles. The van der Waals surface area contributed by atoms with E-state index in [1.54, 1.807) is 0 Å². The lowest BCUT2D eigenvalue weighted by molar-refractivity contribution is 0.0941. The van der Waals surface area contributed by atoms with Crippen LogP contribution in [0.2, 0.25) is 0 Å². The van der Waals surface area contributed by atoms with Crippen LogP contribution in [0.3, 0.4) is 0 Å². The molecule has 0 saturated heterocycles. The van der Waals surface area contributed by atoms with E-state index in [0.717, 1.165) is 69.5 Å². The summed E-state index contributed by atoms with van der Waals surface area (Å²) in [5, 5.41) is 7.06. The summed E-state index contributed by atoms with van der Waals surface area (Å²) in [6, 6.07) is 8.69. The molecule has 0 fully saturated rings. The van der Waals surface area contributed by atoms with E-state index in [1.807, 2.05) is 0 Å². The third-order valence-electron chi connectivity index (χ3n) is 5.56. The second kappa shape index (κ2) is 8.04. The molecule has 1 amide bonds. The molecule has 0 atom stereocenters. The number of fused-ring (bicyclic) bond motifs is 2. The number of carbonyl (C=O) groups is 1. The minimum absolute atomic E-state index is 0.0825. The van der Waals surface area contributed by atoms with Gasteiger partial charge in [0.15, 0.2) is 5.69 Å². The highest BCUT2D eigenvalue weighted by molar-refractivity contribution is 5.93. The lowest BCUT2D eigenvalue weighted by Gasteiger charge is -2.28. The molecule has 5 heteroatoms. The lowest BCUT2D eigenvalue weighted by Crippen LogP contribution is -2.34. The van der Waals surface area contributed by atoms with Crippen LogP contribution in [0, 0.1) is 0 Å². The van der Waals surface area contributed by atoms with Gasteiger partial charge in [0.05, 0.1) is 0 Å². The molecule has 26 heavy (non-hydrogen) atoms. The van der Waals surface area contributed by atoms with Gasteiger partial charge in [-0.05, 0) is 43.2 Å². The van der Waals surface area contributed by atoms with Crippen LogP contribution in [0.25, 0.3) is 0 Å². The highest BCUT2D eigenvalue weighted by Gasteiger charge is 2.23. The quantitative estimate of drug-likeness (QED) is 0.663. The maximum absolute atomic E-state index is 12.5. The van der Waals surface area contributed by atoms with Crippen molar-refractivity contribution in [2.75, 3.05) is 19.6 Å². The van der Waals surface area contributed by atoms with E-state index in [1.165, 1.54) is 17.5 Å². The van der Waals surface area contributed by atoms with Crippen molar-refractivity contribution in [3.05, 3.63) is 52.4 Å². The largest absolute Gasteiger partial charge is 0.360 e. The predicted octanol–water partition coefficient (Wildman–Crippen LogP) is 3.12. The van der Waals surface area contributed by atoms with Gasteiger partial charge in [0.2, 0.25) is 0 Å². The fourth-order valence-corrected chi connectivity index (χ4v) is 4.07. The van der Waals surface area contributed by atoms with Crippen LogP contribution in [0.1, 0.15) is 58.6 Å². The minimum atomic E-state index is -0.0825. The van der Waals surface area contributed by atoms with E-state index in [9.17, 15) is 4.79 Å². The van der Waals surface area contributed by atoms with Crippen molar-refractivity contribution in [3.8, 4) is 0 Å². The summed E-state index contributed by atoms with van der Waals surface area (Å²) >= 11 is 0. The smallest absolute Gasteiger partial charge is 0.273 e. The van der Waals surface area contributed by atoms with Gasteiger partial charge in [-0.25, -0.2) is 0 Å². The molecule has 1 aliphatic carbocycles. The number of amides is 1. The molecular formula is C21H27N3O2. The number of aromatic nitrogens is 1. The average molecular weight is 353 g/mol. The molecule has 2 aliphatic rings. The Morgan fingerprint density at radius 2 is 1.96 bits per heavy atom. The molecule has 0 unspecified atom stereocenters. The monoisotopic (exact) mass is 353 g/mol. The molecule has 0 spiro atoms. The highest BCUT2D eigenvalue weighted by atomic mass is 16.5. The first-order valence-corrected chi connectivity index (χ1v) is 9.86. The van der Waals surface area contributed by atoms with Crippen LogP contribution in [0.5, 0.6) is 0 Å². The van der Waals surface area contributed by atoms with Gasteiger partial charge < -0.3 is 9.84 Å². The molecule has 1 aromatic heterocycles. The fourth-order valence-electron chi connectivity index (χ4n) is 4.07. The number of aryl methyl sites for hydroxylation is 1. The summed E-state index contributed by atoms with van der Waals surface area (Å²) < 4.78 is 5.40. The zero-order valence-electron chi connectivity index (χ0n) is 15.3. The Morgan fingerprint density at radius 3 is 2.88 bits per heavy atom. The van der Waals surface area contributed by atoms with Gasteiger partial charge in [-0.1, -0.05) is 35.8 Å². The average Bonchev–Trinajstić information content (AvgIpc) is 2.93. The standard InChI is InChI=1S/C21H27N3O2/c25-21(20-18-9-2-1-3-10-19(18)26-23-20)22-12-6-13-24-14-11-16-7-4-5-8-17(16)15-24/h4-5,7-8H,1-3,6,9-15H2,(H,22,25). The van der Waals surface area contributed by atoms with Gasteiger partial charge in [0, 0.05) is 38.2 Å². The third-order valence-corrected chi connectivity index (χ3v) is 5.56. The normalized spacial score (nSPS) is 17.2. The van der Waals surface area contributed by atoms with Crippen molar-refractivity contribution in [3.63, 3.8) is 0 Å². The maximum Gasteiger partial charge on any atom is 0.273 e. The molecule has 2 aromatic rings. The summed E-state index contributed by atoms with van der Waals surface area (Å²) in [5.74, 6) is 0.834. The van der Waals surface area contributed by atoms with Gasteiger partial charge in [0.1, 0.15) is 5.76 Å². The van der Waals surface area contributed by atoms with Crippen LogP contribution in [0.4, 0.5) is 0 Å². The Morgan fingerprint density at radius 1 is 1.12 bits per heavy atom. The summed E-state index contributed by atoms with van der Waals surface area (Å²) in [5.41, 5.74) is 4.46. The number of hydrogen-bond acceptors (Lipinski definition) is 4. The topological polar surface area (TPSA) is 58.4 Å². The van der Waals surface area contributed by atoms with Gasteiger partial charge in [-0.2, -0.15) is 0 Å². The first-order valence-electron chi connectivity index (χ1n) is 9.86. The minimum Gasteiger partial charge on any atom is -0.360 e. The van der Waals surface area contributed by atoms with Gasteiger partial charge >= 0.3 is 0 Å². The number of nitrogens with zero attached hydrogens (tertiary/aromatic N) is 2. The lowest BCUT2D eigenvalue weighted by atomic mass is 10.00. The first-order chi connectivity index (χ1) is 12.8. The molecule has 5 nitrogen and oxygen atoms in total. The van der Waals surface area contributed by atoms with Crippen LogP contribution in [0.15, 0.2) is 28.8 Å². The van der Waals surface area contributed by atoms with E-state index in [0.29, 0.717) is 12.2 Å². The van der Waals surface area contributed by atoms with E-state index >= 15 is 0 Å². The molecule has 0 radical (unpaired) electrons. The van der Waals surface area contributed by atoms with Crippen LogP contribution >= 0.6 is 0 Å². The van der Waals surface area contributed by atoms with E-state index in [-0.39, 0.29) is 5.91 Å². The van der Waals surface area contributed by atoms with Crippen LogP contribution in [-0.2, 0) is 25.8 Å². The number of nitrogens with one attached hydrogen (secondary N) is 1. The molecule has 4 rings (SSSR count). The van der Waals surface area contributed by atoms with Crippen LogP contribution < -0.4 is 5.32 Å². The van der Waals surface area contributed by atoms with Crippen LogP contribution in [-0.4, -0.2) is 35.6 Å². The summed E-state index contributed by atoms with van der Waals surface area (Å²) in [6.07, 6.45) is 7.33. The summed E-state index contributed by atoms with van der Waals surface area (Å²) in [4.78, 5) is 14.9. The summed E-state index contributed by atoms with van der Waals surface area (Å²) in [6.45, 7) is 3.80. The van der Waals surface area contributed by atoms with Crippen molar-refractivity contribution in [1.29, 1.82) is 0 Å². The van der Waals surface area contributed by atoms with Crippen molar-refractivity contribution in [1.82, 2.24) is 15.4 Å².